The molecule has 0 radical (unpaired) electrons. The lowest BCUT2D eigenvalue weighted by atomic mass is 10.1. The van der Waals surface area contributed by atoms with Crippen molar-refractivity contribution in [3.05, 3.63) is 47.2 Å². The quantitative estimate of drug-likeness (QED) is 0.392. The molecule has 0 aliphatic carbocycles. The summed E-state index contributed by atoms with van der Waals surface area (Å²) in [5.41, 5.74) is -1.01. The van der Waals surface area contributed by atoms with Crippen molar-refractivity contribution in [2.24, 2.45) is 5.16 Å². The number of rotatable bonds is 2. The third-order valence-electron chi connectivity index (χ3n) is 2.20. The maximum Gasteiger partial charge on any atom is 0.269 e. The Morgan fingerprint density at radius 3 is 2.33 bits per heavy atom. The van der Waals surface area contributed by atoms with E-state index in [0.717, 1.165) is 18.6 Å². The fraction of sp³-hybridized carbons (Fsp3) is 0.100. The van der Waals surface area contributed by atoms with E-state index in [4.69, 9.17) is 26.3 Å². The van der Waals surface area contributed by atoms with Gasteiger partial charge in [-0.25, -0.2) is 13.2 Å². The fourth-order valence-electron chi connectivity index (χ4n) is 1.38. The number of ether oxygens (including phenoxy) is 2. The van der Waals surface area contributed by atoms with Crippen LogP contribution in [0, 0.1) is 17.5 Å². The Morgan fingerprint density at radius 1 is 1.17 bits per heavy atom. The maximum atomic E-state index is 13.5. The lowest BCUT2D eigenvalue weighted by Crippen LogP contribution is -2.10. The summed E-state index contributed by atoms with van der Waals surface area (Å²) in [6.07, 6.45) is 0.988. The van der Waals surface area contributed by atoms with Crippen molar-refractivity contribution in [1.29, 1.82) is 0 Å². The van der Waals surface area contributed by atoms with Crippen LogP contribution < -0.4 is 0 Å². The first-order valence-electron chi connectivity index (χ1n) is 4.57. The molecule has 0 atom stereocenters. The minimum atomic E-state index is -1.76. The number of benzene rings is 1. The smallest absolute Gasteiger partial charge is 0.269 e. The predicted molar refractivity (Wildman–Crippen MR) is 54.5 cm³/mol. The van der Waals surface area contributed by atoms with Crippen LogP contribution in [0.15, 0.2) is 23.7 Å². The van der Waals surface area contributed by atoms with Gasteiger partial charge < -0.3 is 14.7 Å². The molecule has 1 heterocycles. The Morgan fingerprint density at radius 2 is 1.78 bits per heavy atom. The first-order valence-corrected chi connectivity index (χ1v) is 4.95. The number of nitrogens with zero attached hydrogens (tertiary/aromatic N) is 1. The van der Waals surface area contributed by atoms with E-state index >= 15 is 0 Å². The van der Waals surface area contributed by atoms with E-state index < -0.39 is 40.0 Å². The van der Waals surface area contributed by atoms with Crippen molar-refractivity contribution in [2.45, 2.75) is 6.29 Å². The van der Waals surface area contributed by atoms with Gasteiger partial charge in [0, 0.05) is 0 Å². The van der Waals surface area contributed by atoms with E-state index in [1.807, 2.05) is 0 Å². The van der Waals surface area contributed by atoms with Crippen LogP contribution in [0.2, 0.25) is 0 Å². The maximum absolute atomic E-state index is 13.5. The molecule has 2 rings (SSSR count). The Balaban J connectivity index is 2.56. The summed E-state index contributed by atoms with van der Waals surface area (Å²) < 4.78 is 49.8. The lowest BCUT2D eigenvalue weighted by Gasteiger charge is -2.13. The van der Waals surface area contributed by atoms with Crippen LogP contribution >= 0.6 is 11.6 Å². The van der Waals surface area contributed by atoms with Gasteiger partial charge in [-0.05, 0) is 6.07 Å². The molecule has 1 aromatic carbocycles. The first-order chi connectivity index (χ1) is 8.56. The second kappa shape index (κ2) is 4.77. The highest BCUT2D eigenvalue weighted by molar-refractivity contribution is 6.69. The summed E-state index contributed by atoms with van der Waals surface area (Å²) in [6.45, 7) is 0. The molecule has 1 N–H and O–H groups in total. The second-order valence-corrected chi connectivity index (χ2v) is 3.58. The molecule has 18 heavy (non-hydrogen) atoms. The van der Waals surface area contributed by atoms with Crippen LogP contribution in [0.5, 0.6) is 0 Å². The standard InChI is InChI=1S/C10H5ClF3NO3/c11-9(15-16)4-3-5(10-17-1-2-18-10)7(13)8(14)6(4)12/h1-3,10,16H. The Kier molecular flexibility index (Phi) is 3.33. The molecule has 0 spiro atoms. The van der Waals surface area contributed by atoms with E-state index in [0.29, 0.717) is 0 Å². The summed E-state index contributed by atoms with van der Waals surface area (Å²) in [5, 5.41) is 10.2. The van der Waals surface area contributed by atoms with Gasteiger partial charge in [0.25, 0.3) is 6.29 Å². The van der Waals surface area contributed by atoms with Gasteiger partial charge in [-0.2, -0.15) is 0 Å². The number of oxime groups is 1. The van der Waals surface area contributed by atoms with E-state index in [9.17, 15) is 13.2 Å². The third-order valence-corrected chi connectivity index (χ3v) is 2.48. The largest absolute Gasteiger partial charge is 0.455 e. The van der Waals surface area contributed by atoms with Crippen molar-refractivity contribution >= 4 is 16.8 Å². The second-order valence-electron chi connectivity index (χ2n) is 3.22. The summed E-state index contributed by atoms with van der Waals surface area (Å²) in [4.78, 5) is 0. The first kappa shape index (κ1) is 12.6. The van der Waals surface area contributed by atoms with Gasteiger partial charge in [-0.3, -0.25) is 0 Å². The van der Waals surface area contributed by atoms with Gasteiger partial charge in [0.05, 0.1) is 11.1 Å². The molecular weight excluding hydrogens is 275 g/mol. The summed E-state index contributed by atoms with van der Waals surface area (Å²) in [6, 6.07) is 0.841. The molecule has 0 saturated heterocycles. The molecule has 0 bridgehead atoms. The molecule has 0 fully saturated rings. The molecule has 1 aliphatic rings. The molecule has 96 valence electrons. The van der Waals surface area contributed by atoms with Crippen molar-refractivity contribution < 1.29 is 27.9 Å². The molecule has 1 aromatic rings. The zero-order valence-corrected chi connectivity index (χ0v) is 9.29. The molecule has 4 nitrogen and oxygen atoms in total. The average molecular weight is 280 g/mol. The van der Waals surface area contributed by atoms with Crippen molar-refractivity contribution in [3.63, 3.8) is 0 Å². The average Bonchev–Trinajstić information content (AvgIpc) is 2.89. The van der Waals surface area contributed by atoms with Gasteiger partial charge in [-0.15, -0.1) is 0 Å². The zero-order chi connectivity index (χ0) is 13.3. The van der Waals surface area contributed by atoms with Gasteiger partial charge >= 0.3 is 0 Å². The van der Waals surface area contributed by atoms with Gasteiger partial charge in [0.2, 0.25) is 0 Å². The topological polar surface area (TPSA) is 51.1 Å². The predicted octanol–water partition coefficient (Wildman–Crippen LogP) is 3.00. The highest BCUT2D eigenvalue weighted by Gasteiger charge is 2.28. The molecule has 0 aromatic heterocycles. The Bertz CT molecular complexity index is 540. The van der Waals surface area contributed by atoms with Crippen LogP contribution in [0.4, 0.5) is 13.2 Å². The van der Waals surface area contributed by atoms with Crippen LogP contribution in [0.3, 0.4) is 0 Å². The Hall–Kier alpha value is -1.89. The monoisotopic (exact) mass is 279 g/mol. The van der Waals surface area contributed by atoms with Crippen LogP contribution in [-0.2, 0) is 9.47 Å². The van der Waals surface area contributed by atoms with E-state index in [-0.39, 0.29) is 0 Å². The number of halogens is 4. The summed E-state index contributed by atoms with van der Waals surface area (Å²) in [7, 11) is 0. The van der Waals surface area contributed by atoms with Crippen LogP contribution in [0.25, 0.3) is 0 Å². The molecule has 0 unspecified atom stereocenters. The highest BCUT2D eigenvalue weighted by Crippen LogP contribution is 2.30. The minimum Gasteiger partial charge on any atom is -0.455 e. The van der Waals surface area contributed by atoms with Crippen molar-refractivity contribution in [2.75, 3.05) is 0 Å². The van der Waals surface area contributed by atoms with Gasteiger partial charge in [-0.1, -0.05) is 16.8 Å². The van der Waals surface area contributed by atoms with Crippen molar-refractivity contribution in [3.8, 4) is 0 Å². The number of hydrogen-bond acceptors (Lipinski definition) is 4. The lowest BCUT2D eigenvalue weighted by molar-refractivity contribution is -0.0276. The fourth-order valence-corrected chi connectivity index (χ4v) is 1.52. The van der Waals surface area contributed by atoms with E-state index in [1.54, 1.807) is 0 Å². The molecule has 0 amide bonds. The van der Waals surface area contributed by atoms with E-state index in [1.165, 1.54) is 0 Å². The molecule has 1 aliphatic heterocycles. The molecule has 8 heteroatoms. The third kappa shape index (κ3) is 1.97. The van der Waals surface area contributed by atoms with E-state index in [2.05, 4.69) is 5.16 Å². The van der Waals surface area contributed by atoms with Crippen molar-refractivity contribution in [1.82, 2.24) is 0 Å². The summed E-state index contributed by atoms with van der Waals surface area (Å²) in [5.74, 6) is -4.79. The SMILES string of the molecule is ON=C(Cl)c1cc(C2OC=CO2)c(F)c(F)c1F. The highest BCUT2D eigenvalue weighted by atomic mass is 35.5. The Labute approximate surface area is 104 Å². The number of hydrogen-bond donors (Lipinski definition) is 1. The normalized spacial score (nSPS) is 15.7. The van der Waals surface area contributed by atoms with Gasteiger partial charge in [0.1, 0.15) is 12.5 Å². The summed E-state index contributed by atoms with van der Waals surface area (Å²) >= 11 is 5.37. The zero-order valence-electron chi connectivity index (χ0n) is 8.53. The molecular formula is C10H5ClF3NO3. The minimum absolute atomic E-state index is 0.407. The van der Waals surface area contributed by atoms with Crippen LogP contribution in [-0.4, -0.2) is 10.4 Å². The molecule has 0 saturated carbocycles. The van der Waals surface area contributed by atoms with Gasteiger partial charge in [0.15, 0.2) is 22.6 Å². The van der Waals surface area contributed by atoms with Crippen LogP contribution in [0.1, 0.15) is 17.4 Å².